The minimum Gasteiger partial charge on any atom is -0.507 e. The second-order valence-corrected chi connectivity index (χ2v) is 7.06. The molecule has 0 aliphatic carbocycles. The van der Waals surface area contributed by atoms with E-state index in [4.69, 9.17) is 19.9 Å². The van der Waals surface area contributed by atoms with Crippen LogP contribution in [0.15, 0.2) is 0 Å². The molecule has 0 radical (unpaired) electrons. The van der Waals surface area contributed by atoms with Crippen molar-refractivity contribution in [2.45, 2.75) is 47.5 Å². The Morgan fingerprint density at radius 1 is 1.15 bits per heavy atom. The van der Waals surface area contributed by atoms with Crippen molar-refractivity contribution in [3.8, 4) is 11.5 Å². The maximum atomic E-state index is 11.0. The summed E-state index contributed by atoms with van der Waals surface area (Å²) in [4.78, 5) is 11.0. The van der Waals surface area contributed by atoms with E-state index in [1.165, 1.54) is 5.56 Å². The summed E-state index contributed by atoms with van der Waals surface area (Å²) in [7, 11) is 0. The Morgan fingerprint density at radius 3 is 2.44 bits per heavy atom. The summed E-state index contributed by atoms with van der Waals surface area (Å²) in [6.07, 6.45) is 2.08. The van der Waals surface area contributed by atoms with Crippen molar-refractivity contribution in [1.29, 1.82) is 0 Å². The van der Waals surface area contributed by atoms with Crippen LogP contribution in [0.1, 0.15) is 43.9 Å². The highest BCUT2D eigenvalue weighted by Crippen LogP contribution is 2.39. The van der Waals surface area contributed by atoms with E-state index in [-0.39, 0.29) is 19.7 Å². The summed E-state index contributed by atoms with van der Waals surface area (Å²) in [6.45, 7) is 12.6. The lowest BCUT2D eigenvalue weighted by Gasteiger charge is -2.23. The number of rotatable bonds is 8. The molecule has 2 rings (SSSR count). The molecule has 0 atom stereocenters. The molecule has 1 aromatic rings. The van der Waals surface area contributed by atoms with Gasteiger partial charge in [-0.2, -0.15) is 0 Å². The molecule has 0 fully saturated rings. The molecular formula is C21H37NO5. The Morgan fingerprint density at radius 2 is 1.81 bits per heavy atom. The normalized spacial score (nSPS) is 12.9. The summed E-state index contributed by atoms with van der Waals surface area (Å²) < 4.78 is 15.8. The first kappa shape index (κ1) is 23.4. The van der Waals surface area contributed by atoms with Crippen LogP contribution in [0.2, 0.25) is 0 Å². The van der Waals surface area contributed by atoms with Gasteiger partial charge in [-0.3, -0.25) is 4.79 Å². The monoisotopic (exact) mass is 383 g/mol. The summed E-state index contributed by atoms with van der Waals surface area (Å²) >= 11 is 0. The Balaban J connectivity index is 0.000000505. The zero-order chi connectivity index (χ0) is 20.4. The van der Waals surface area contributed by atoms with Gasteiger partial charge in [-0.1, -0.05) is 13.8 Å². The molecule has 1 heterocycles. The van der Waals surface area contributed by atoms with Crippen LogP contribution in [0, 0.1) is 26.7 Å². The fraction of sp³-hybridized carbons (Fsp3) is 0.667. The van der Waals surface area contributed by atoms with Crippen molar-refractivity contribution in [3.63, 3.8) is 0 Å². The number of nitrogens with two attached hydrogens (primary N) is 1. The molecule has 0 saturated carbocycles. The van der Waals surface area contributed by atoms with Gasteiger partial charge in [-0.05, 0) is 50.3 Å². The number of fused-ring (bicyclic) bond motifs is 1. The van der Waals surface area contributed by atoms with E-state index in [0.29, 0.717) is 32.1 Å². The Kier molecular flexibility index (Phi) is 10.4. The maximum Gasteiger partial charge on any atom is 0.160 e. The number of hydrogen-bond acceptors (Lipinski definition) is 6. The van der Waals surface area contributed by atoms with E-state index in [0.717, 1.165) is 41.9 Å². The smallest absolute Gasteiger partial charge is 0.160 e. The van der Waals surface area contributed by atoms with Gasteiger partial charge in [0.1, 0.15) is 18.1 Å². The van der Waals surface area contributed by atoms with Crippen LogP contribution in [0.5, 0.6) is 11.5 Å². The van der Waals surface area contributed by atoms with Gasteiger partial charge >= 0.3 is 0 Å². The van der Waals surface area contributed by atoms with Crippen LogP contribution in [-0.4, -0.2) is 50.5 Å². The molecule has 6 nitrogen and oxygen atoms in total. The topological polar surface area (TPSA) is 91.0 Å². The molecule has 0 bridgehead atoms. The highest BCUT2D eigenvalue weighted by Gasteiger charge is 2.20. The molecule has 1 aromatic carbocycles. The molecule has 0 saturated heterocycles. The molecule has 0 unspecified atom stereocenters. The van der Waals surface area contributed by atoms with Crippen molar-refractivity contribution in [2.75, 3.05) is 39.6 Å². The summed E-state index contributed by atoms with van der Waals surface area (Å²) in [5.74, 6) is 1.61. The quantitative estimate of drug-likeness (QED) is 0.670. The second-order valence-electron chi connectivity index (χ2n) is 7.06. The molecule has 0 amide bonds. The van der Waals surface area contributed by atoms with E-state index in [1.54, 1.807) is 0 Å². The number of carbonyl (C=O) groups is 1. The summed E-state index contributed by atoms with van der Waals surface area (Å²) in [5, 5.41) is 9.89. The predicted molar refractivity (Wildman–Crippen MR) is 109 cm³/mol. The van der Waals surface area contributed by atoms with Crippen LogP contribution in [0.4, 0.5) is 0 Å². The van der Waals surface area contributed by atoms with Crippen molar-refractivity contribution in [1.82, 2.24) is 0 Å². The first-order valence-corrected chi connectivity index (χ1v) is 9.63. The maximum absolute atomic E-state index is 11.0. The zero-order valence-electron chi connectivity index (χ0n) is 17.4. The van der Waals surface area contributed by atoms with Crippen LogP contribution < -0.4 is 10.5 Å². The number of aromatic hydroxyl groups is 1. The molecule has 1 aliphatic heterocycles. The lowest BCUT2D eigenvalue weighted by molar-refractivity contribution is -0.127. The predicted octanol–water partition coefficient (Wildman–Crippen LogP) is 3.09. The van der Waals surface area contributed by atoms with Crippen LogP contribution in [0.25, 0.3) is 0 Å². The van der Waals surface area contributed by atoms with Gasteiger partial charge in [0.05, 0.1) is 26.4 Å². The molecule has 1 aliphatic rings. The molecule has 27 heavy (non-hydrogen) atoms. The highest BCUT2D eigenvalue weighted by atomic mass is 16.5. The van der Waals surface area contributed by atoms with Gasteiger partial charge in [-0.25, -0.2) is 0 Å². The number of ether oxygens (including phenoxy) is 3. The third-order valence-corrected chi connectivity index (χ3v) is 4.68. The van der Waals surface area contributed by atoms with Crippen molar-refractivity contribution in [2.24, 2.45) is 11.7 Å². The number of carbonyl (C=O) groups excluding carboxylic acids is 1. The van der Waals surface area contributed by atoms with Gasteiger partial charge in [0.25, 0.3) is 0 Å². The number of Topliss-reactive ketones (excluding diaryl/α,β-unsaturated/α-hetero) is 1. The standard InChI is InChI=1S/C12H16O2.C9H19NO3.H2/c1-7-8(2)12-10(5-4-6-14-12)9(3)11(7)13;1-8(2)9(11)7-13-6-5-12-4-3-10;/h13H,4-6H2,1-3H3;8H,3-7,10H2,1-2H3;1H. The van der Waals surface area contributed by atoms with Crippen molar-refractivity contribution < 1.29 is 25.5 Å². The van der Waals surface area contributed by atoms with Gasteiger partial charge in [-0.15, -0.1) is 0 Å². The number of phenols is 1. The van der Waals surface area contributed by atoms with E-state index >= 15 is 0 Å². The first-order valence-electron chi connectivity index (χ1n) is 9.63. The molecular weight excluding hydrogens is 346 g/mol. The minimum atomic E-state index is 0. The van der Waals surface area contributed by atoms with Gasteiger partial charge in [0.15, 0.2) is 5.78 Å². The molecule has 0 aromatic heterocycles. The van der Waals surface area contributed by atoms with Gasteiger partial charge < -0.3 is 25.1 Å². The third kappa shape index (κ3) is 7.13. The van der Waals surface area contributed by atoms with E-state index < -0.39 is 0 Å². The fourth-order valence-electron chi connectivity index (χ4n) is 2.73. The number of benzene rings is 1. The lowest BCUT2D eigenvalue weighted by Crippen LogP contribution is -2.17. The first-order chi connectivity index (χ1) is 12.8. The lowest BCUT2D eigenvalue weighted by atomic mass is 9.93. The number of phenolic OH excluding ortho intramolecular Hbond substituents is 1. The van der Waals surface area contributed by atoms with E-state index in [1.807, 2.05) is 34.6 Å². The highest BCUT2D eigenvalue weighted by molar-refractivity contribution is 5.81. The van der Waals surface area contributed by atoms with Crippen molar-refractivity contribution >= 4 is 5.78 Å². The van der Waals surface area contributed by atoms with Gasteiger partial charge in [0.2, 0.25) is 0 Å². The van der Waals surface area contributed by atoms with Crippen molar-refractivity contribution in [3.05, 3.63) is 22.3 Å². The number of hydrogen-bond donors (Lipinski definition) is 2. The average molecular weight is 384 g/mol. The molecule has 3 N–H and O–H groups in total. The molecule has 156 valence electrons. The van der Waals surface area contributed by atoms with E-state index in [2.05, 4.69) is 0 Å². The van der Waals surface area contributed by atoms with Crippen LogP contribution in [0.3, 0.4) is 0 Å². The SMILES string of the molecule is CC(C)C(=O)COCCOCCN.Cc1c(C)c2c(c(C)c1O)CCCO2.[HH]. The summed E-state index contributed by atoms with van der Waals surface area (Å²) in [6, 6.07) is 0. The van der Waals surface area contributed by atoms with Crippen LogP contribution >= 0.6 is 0 Å². The minimum absolute atomic E-state index is 0. The molecule has 6 heteroatoms. The third-order valence-electron chi connectivity index (χ3n) is 4.68. The Labute approximate surface area is 164 Å². The second kappa shape index (κ2) is 12.0. The Hall–Kier alpha value is -1.63. The number of ketones is 1. The van der Waals surface area contributed by atoms with Crippen LogP contribution in [-0.2, 0) is 20.7 Å². The largest absolute Gasteiger partial charge is 0.507 e. The summed E-state index contributed by atoms with van der Waals surface area (Å²) in [5.41, 5.74) is 9.42. The van der Waals surface area contributed by atoms with E-state index in [9.17, 15) is 9.90 Å². The molecule has 0 spiro atoms. The van der Waals surface area contributed by atoms with Gasteiger partial charge in [0, 0.05) is 19.5 Å². The average Bonchev–Trinajstić information content (AvgIpc) is 2.67. The fourth-order valence-corrected chi connectivity index (χ4v) is 2.73. The Bertz CT molecular complexity index is 583. The zero-order valence-corrected chi connectivity index (χ0v) is 17.4.